The molecular formula is C37H55N3O4. The summed E-state index contributed by atoms with van der Waals surface area (Å²) >= 11 is 0. The van der Waals surface area contributed by atoms with Crippen molar-refractivity contribution in [1.29, 1.82) is 0 Å². The molecule has 2 bridgehead atoms. The van der Waals surface area contributed by atoms with Crippen molar-refractivity contribution in [3.05, 3.63) is 47.1 Å². The Balaban J connectivity index is 1.59. The fourth-order valence-corrected chi connectivity index (χ4v) is 9.04. The maximum absolute atomic E-state index is 12.7. The van der Waals surface area contributed by atoms with Crippen LogP contribution in [0.4, 0.5) is 0 Å². The van der Waals surface area contributed by atoms with Crippen molar-refractivity contribution in [2.24, 2.45) is 39.6 Å². The molecule has 0 heterocycles. The summed E-state index contributed by atoms with van der Waals surface area (Å²) in [6, 6.07) is 4.20. The van der Waals surface area contributed by atoms with Gasteiger partial charge in [0.2, 0.25) is 0 Å². The number of benzene rings is 1. The normalized spacial score (nSPS) is 30.2. The van der Waals surface area contributed by atoms with Gasteiger partial charge >= 0.3 is 0 Å². The van der Waals surface area contributed by atoms with Crippen LogP contribution in [-0.2, 0) is 16.0 Å². The molecule has 0 saturated heterocycles. The monoisotopic (exact) mass is 605 g/mol. The Bertz CT molecular complexity index is 1250. The van der Waals surface area contributed by atoms with Gasteiger partial charge in [-0.05, 0) is 118 Å². The molecule has 0 amide bonds. The van der Waals surface area contributed by atoms with Gasteiger partial charge in [-0.1, -0.05) is 44.1 Å². The van der Waals surface area contributed by atoms with E-state index in [1.54, 1.807) is 11.6 Å². The molecule has 3 fully saturated rings. The van der Waals surface area contributed by atoms with Crippen molar-refractivity contribution in [3.63, 3.8) is 0 Å². The number of unbranched alkanes of at least 4 members (excludes halogenated alkanes) is 1. The molecule has 7 heteroatoms. The number of guanidine groups is 1. The van der Waals surface area contributed by atoms with Crippen LogP contribution in [0.15, 0.2) is 40.9 Å². The van der Waals surface area contributed by atoms with Gasteiger partial charge in [0, 0.05) is 31.6 Å². The zero-order chi connectivity index (χ0) is 31.3. The summed E-state index contributed by atoms with van der Waals surface area (Å²) in [5.41, 5.74) is 15.0. The number of nitrogens with zero attached hydrogens (tertiary/aromatic N) is 1. The van der Waals surface area contributed by atoms with Gasteiger partial charge in [-0.15, -0.1) is 0 Å². The second kappa shape index (κ2) is 14.5. The minimum absolute atomic E-state index is 0.0243. The summed E-state index contributed by atoms with van der Waals surface area (Å²) in [7, 11) is 1.83. The first kappa shape index (κ1) is 32.6. The van der Waals surface area contributed by atoms with Gasteiger partial charge in [-0.25, -0.2) is 0 Å². The van der Waals surface area contributed by atoms with Crippen LogP contribution in [0.3, 0.4) is 0 Å². The molecule has 0 aliphatic heterocycles. The molecule has 1 spiro atoms. The molecule has 6 atom stereocenters. The number of carbonyl (C=O) groups excluding carboxylic acids is 1. The molecule has 1 aromatic rings. The van der Waals surface area contributed by atoms with Crippen LogP contribution in [0.25, 0.3) is 0 Å². The van der Waals surface area contributed by atoms with Crippen molar-refractivity contribution in [2.75, 3.05) is 13.7 Å². The Kier molecular flexibility index (Phi) is 10.8. The number of carbonyl (C=O) groups is 1. The van der Waals surface area contributed by atoms with E-state index in [0.29, 0.717) is 31.1 Å². The third-order valence-electron chi connectivity index (χ3n) is 11.0. The molecule has 44 heavy (non-hydrogen) atoms. The lowest BCUT2D eigenvalue weighted by atomic mass is 9.45. The number of allylic oxidation sites excluding steroid dienone is 4. The molecule has 4 aliphatic rings. The van der Waals surface area contributed by atoms with Crippen LogP contribution in [0.1, 0.15) is 114 Å². The minimum Gasteiger partial charge on any atom is -0.504 e. The fraction of sp³-hybridized carbons (Fsp3) is 0.676. The second-order valence-corrected chi connectivity index (χ2v) is 14.0. The van der Waals surface area contributed by atoms with Gasteiger partial charge in [0.25, 0.3) is 0 Å². The number of methoxy groups -OCH3 is 1. The standard InChI is InChI=1S/C37H55N3O4/c1-4-5-6-9-28(41)15-13-25-20-30(35(42)32(21-25)44-29-10-7-8-11-29)34-33-26(17-19-40-36(38)39)22-27-14-12-24(2)23-37(27,34)18-16-31(33)43-3/h6,9,20-22,24,26,29,31,33-34,42H,4-5,7-8,10-19,23H2,1-3H3,(H4,38,39,40)/b9-6+/t24-,26-,31-,33+,34+,37-/m1/s1. The number of fused-ring (bicyclic) bond motifs is 1. The molecule has 1 aromatic carbocycles. The zero-order valence-electron chi connectivity index (χ0n) is 27.2. The predicted octanol–water partition coefficient (Wildman–Crippen LogP) is 7.11. The summed E-state index contributed by atoms with van der Waals surface area (Å²) in [6.45, 7) is 5.06. The summed E-state index contributed by atoms with van der Waals surface area (Å²) in [4.78, 5) is 17.1. The average molecular weight is 606 g/mol. The van der Waals surface area contributed by atoms with Crippen LogP contribution < -0.4 is 16.2 Å². The lowest BCUT2D eigenvalue weighted by Gasteiger charge is -2.60. The Hall–Kier alpha value is -2.80. The molecule has 0 unspecified atom stereocenters. The van der Waals surface area contributed by atoms with Crippen LogP contribution in [0, 0.1) is 23.2 Å². The van der Waals surface area contributed by atoms with Gasteiger partial charge in [-0.2, -0.15) is 0 Å². The van der Waals surface area contributed by atoms with E-state index in [1.165, 1.54) is 6.42 Å². The highest BCUT2D eigenvalue weighted by molar-refractivity contribution is 5.89. The SMILES string of the molecule is CCC/C=C/C(=O)CCc1cc(OC2CCCC2)c(O)c([C@H]2[C@H]3[C@H](CCN=C(N)N)C=C4CC[C@@H](C)C[C@]42CC[C@H]3OC)c1. The van der Waals surface area contributed by atoms with Crippen molar-refractivity contribution in [1.82, 2.24) is 0 Å². The lowest BCUT2D eigenvalue weighted by molar-refractivity contribution is -0.114. The minimum atomic E-state index is -0.0243. The van der Waals surface area contributed by atoms with Gasteiger partial charge in [0.15, 0.2) is 23.2 Å². The molecule has 4 aliphatic carbocycles. The molecule has 0 aromatic heterocycles. The summed E-state index contributed by atoms with van der Waals surface area (Å²) in [6.07, 6.45) is 20.1. The summed E-state index contributed by atoms with van der Waals surface area (Å²) < 4.78 is 12.8. The van der Waals surface area contributed by atoms with Gasteiger partial charge in [0.05, 0.1) is 12.2 Å². The predicted molar refractivity (Wildman–Crippen MR) is 177 cm³/mol. The smallest absolute Gasteiger partial charge is 0.185 e. The third-order valence-corrected chi connectivity index (χ3v) is 11.0. The number of hydrogen-bond donors (Lipinski definition) is 3. The van der Waals surface area contributed by atoms with Crippen molar-refractivity contribution in [2.45, 2.75) is 122 Å². The quantitative estimate of drug-likeness (QED) is 0.0954. The van der Waals surface area contributed by atoms with Gasteiger partial charge < -0.3 is 26.0 Å². The Labute approximate surface area is 264 Å². The maximum Gasteiger partial charge on any atom is 0.185 e. The van der Waals surface area contributed by atoms with E-state index in [-0.39, 0.29) is 52.9 Å². The molecular weight excluding hydrogens is 550 g/mol. The van der Waals surface area contributed by atoms with E-state index in [9.17, 15) is 9.90 Å². The van der Waals surface area contributed by atoms with Crippen LogP contribution in [-0.4, -0.2) is 42.7 Å². The first-order valence-corrected chi connectivity index (χ1v) is 17.3. The van der Waals surface area contributed by atoms with E-state index in [0.717, 1.165) is 81.8 Å². The molecule has 242 valence electrons. The first-order chi connectivity index (χ1) is 21.3. The van der Waals surface area contributed by atoms with E-state index in [1.807, 2.05) is 19.3 Å². The highest BCUT2D eigenvalue weighted by atomic mass is 16.5. The van der Waals surface area contributed by atoms with E-state index in [2.05, 4.69) is 31.0 Å². The van der Waals surface area contributed by atoms with Gasteiger partial charge in [0.1, 0.15) is 0 Å². The van der Waals surface area contributed by atoms with Gasteiger partial charge in [-0.3, -0.25) is 9.79 Å². The number of ketones is 1. The number of aryl methyl sites for hydroxylation is 1. The number of aromatic hydroxyl groups is 1. The van der Waals surface area contributed by atoms with Crippen LogP contribution in [0.5, 0.6) is 11.5 Å². The Morgan fingerprint density at radius 3 is 2.70 bits per heavy atom. The number of nitrogens with two attached hydrogens (primary N) is 2. The average Bonchev–Trinajstić information content (AvgIpc) is 3.51. The first-order valence-electron chi connectivity index (χ1n) is 17.3. The number of phenols is 1. The van der Waals surface area contributed by atoms with Crippen molar-refractivity contribution < 1.29 is 19.4 Å². The van der Waals surface area contributed by atoms with E-state index in [4.69, 9.17) is 20.9 Å². The summed E-state index contributed by atoms with van der Waals surface area (Å²) in [5.74, 6) is 2.23. The Morgan fingerprint density at radius 1 is 1.18 bits per heavy atom. The van der Waals surface area contributed by atoms with E-state index < -0.39 is 0 Å². The Morgan fingerprint density at radius 2 is 1.98 bits per heavy atom. The summed E-state index contributed by atoms with van der Waals surface area (Å²) in [5, 5.41) is 12.1. The molecule has 0 radical (unpaired) electrons. The third kappa shape index (κ3) is 7.03. The lowest BCUT2D eigenvalue weighted by Crippen LogP contribution is -2.53. The maximum atomic E-state index is 12.7. The largest absolute Gasteiger partial charge is 0.504 e. The molecule has 5 N–H and O–H groups in total. The van der Waals surface area contributed by atoms with Crippen molar-refractivity contribution >= 4 is 11.7 Å². The fourth-order valence-electron chi connectivity index (χ4n) is 9.04. The van der Waals surface area contributed by atoms with Crippen LogP contribution >= 0.6 is 0 Å². The molecule has 7 nitrogen and oxygen atoms in total. The van der Waals surface area contributed by atoms with Crippen molar-refractivity contribution in [3.8, 4) is 11.5 Å². The second-order valence-electron chi connectivity index (χ2n) is 14.0. The number of ether oxygens (including phenoxy) is 2. The number of aliphatic imine (C=N–C) groups is 1. The number of hydrogen-bond acceptors (Lipinski definition) is 5. The number of rotatable bonds is 13. The molecule has 3 saturated carbocycles. The highest BCUT2D eigenvalue weighted by Crippen LogP contribution is 2.67. The highest BCUT2D eigenvalue weighted by Gasteiger charge is 2.58. The van der Waals surface area contributed by atoms with Crippen LogP contribution in [0.2, 0.25) is 0 Å². The zero-order valence-corrected chi connectivity index (χ0v) is 27.2. The number of phenolic OH excluding ortho intramolecular Hbond substituents is 1. The van der Waals surface area contributed by atoms with E-state index >= 15 is 0 Å². The topological polar surface area (TPSA) is 120 Å². The molecule has 5 rings (SSSR count).